The third-order valence-electron chi connectivity index (χ3n) is 7.16. The van der Waals surface area contributed by atoms with Crippen molar-refractivity contribution >= 4 is 51.9 Å². The molecule has 4 aliphatic rings. The van der Waals surface area contributed by atoms with E-state index in [9.17, 15) is 9.59 Å². The molecule has 1 aromatic carbocycles. The van der Waals surface area contributed by atoms with Crippen molar-refractivity contribution in [1.29, 1.82) is 0 Å². The van der Waals surface area contributed by atoms with Crippen molar-refractivity contribution in [3.8, 4) is 0 Å². The molecule has 0 saturated carbocycles. The summed E-state index contributed by atoms with van der Waals surface area (Å²) in [5.74, 6) is -0.589. The second-order valence-electron chi connectivity index (χ2n) is 10.2. The molecule has 8 bridgehead atoms. The molecule has 4 aliphatic heterocycles. The fraction of sp³-hybridized carbons (Fsp3) is 0.0938. The Morgan fingerprint density at radius 1 is 0.975 bits per heavy atom. The van der Waals surface area contributed by atoms with Crippen molar-refractivity contribution in [3.63, 3.8) is 0 Å². The van der Waals surface area contributed by atoms with E-state index in [2.05, 4.69) is 25.6 Å². The quantitative estimate of drug-likeness (QED) is 0.448. The smallest absolute Gasteiger partial charge is 0.248 e. The van der Waals surface area contributed by atoms with Gasteiger partial charge < -0.3 is 10.3 Å². The van der Waals surface area contributed by atoms with E-state index in [1.54, 1.807) is 19.2 Å². The zero-order valence-electron chi connectivity index (χ0n) is 21.6. The fourth-order valence-electron chi connectivity index (χ4n) is 5.28. The number of amides is 1. The number of aliphatic imine (C=N–C) groups is 2. The van der Waals surface area contributed by atoms with Crippen LogP contribution in [0.15, 0.2) is 118 Å². The van der Waals surface area contributed by atoms with Crippen LogP contribution in [0.4, 0.5) is 5.69 Å². The van der Waals surface area contributed by atoms with Crippen LogP contribution in [-0.2, 0) is 9.59 Å². The van der Waals surface area contributed by atoms with Gasteiger partial charge in [-0.1, -0.05) is 6.07 Å². The van der Waals surface area contributed by atoms with Crippen molar-refractivity contribution < 1.29 is 9.59 Å². The van der Waals surface area contributed by atoms with E-state index >= 15 is 0 Å². The van der Waals surface area contributed by atoms with E-state index in [4.69, 9.17) is 4.99 Å². The van der Waals surface area contributed by atoms with Gasteiger partial charge in [0.15, 0.2) is 5.78 Å². The highest BCUT2D eigenvalue weighted by atomic mass is 16.2. The zero-order valence-corrected chi connectivity index (χ0v) is 21.6. The van der Waals surface area contributed by atoms with Crippen LogP contribution in [-0.4, -0.2) is 44.7 Å². The second kappa shape index (κ2) is 9.21. The third kappa shape index (κ3) is 4.50. The molecule has 2 atom stereocenters. The largest absolute Gasteiger partial charge is 0.355 e. The maximum absolute atomic E-state index is 13.8. The highest BCUT2D eigenvalue weighted by Gasteiger charge is 2.45. The molecule has 1 amide bonds. The van der Waals surface area contributed by atoms with E-state index in [1.165, 1.54) is 6.08 Å². The van der Waals surface area contributed by atoms with Crippen LogP contribution in [0.25, 0.3) is 23.1 Å². The Labute approximate surface area is 229 Å². The Hall–Kier alpha value is -5.21. The molecule has 1 fully saturated rings. The Bertz CT molecular complexity index is 1970. The number of pyridine rings is 1. The lowest BCUT2D eigenvalue weighted by atomic mass is 9.93. The first-order chi connectivity index (χ1) is 19.4. The van der Waals surface area contributed by atoms with E-state index in [1.807, 2.05) is 85.0 Å². The Balaban J connectivity index is 1.28. The molecule has 0 radical (unpaired) electrons. The van der Waals surface area contributed by atoms with Gasteiger partial charge in [-0.3, -0.25) is 19.9 Å². The number of carbonyl (C=O) groups excluding carboxylic acids is 2. The van der Waals surface area contributed by atoms with Crippen molar-refractivity contribution in [2.45, 2.75) is 18.5 Å². The van der Waals surface area contributed by atoms with Gasteiger partial charge >= 0.3 is 0 Å². The molecule has 3 N–H and O–H groups in total. The average Bonchev–Trinajstić information content (AvgIpc) is 3.71. The molecular weight excluding hydrogens is 500 g/mol. The first-order valence-corrected chi connectivity index (χ1v) is 13.0. The summed E-state index contributed by atoms with van der Waals surface area (Å²) >= 11 is 0. The summed E-state index contributed by atoms with van der Waals surface area (Å²) in [4.78, 5) is 44.1. The number of hydrogen-bond acceptors (Lipinski definition) is 6. The summed E-state index contributed by atoms with van der Waals surface area (Å²) in [5.41, 5.74) is 3.67. The lowest BCUT2D eigenvalue weighted by Crippen LogP contribution is -2.42. The maximum Gasteiger partial charge on any atom is 0.248 e. The number of H-pyrrole nitrogens is 1. The number of carbonyl (C=O) groups is 2. The standard InChI is InChI=1S/C32H24N6O2/c1-32-18-26-9-8-24(36-26)15-22-5-4-21(34-22)14-23-6-7-25(35-23)16-29(38-32)27(31(32)40)17-30(39)37-20-10-11-28-19(13-20)3-2-12-33-28/h2-18,29,34,38H,1H3,(H,37,39)/b21-14?,22-15?,25-16?,26-18?,27-17+. The summed E-state index contributed by atoms with van der Waals surface area (Å²) in [6.07, 6.45) is 18.3. The van der Waals surface area contributed by atoms with E-state index in [-0.39, 0.29) is 5.78 Å². The van der Waals surface area contributed by atoms with Gasteiger partial charge in [-0.05, 0) is 91.9 Å². The Kier molecular flexibility index (Phi) is 5.50. The van der Waals surface area contributed by atoms with Crippen LogP contribution in [0.5, 0.6) is 0 Å². The first-order valence-electron chi connectivity index (χ1n) is 13.0. The Morgan fingerprint density at radius 3 is 2.52 bits per heavy atom. The number of aromatic nitrogens is 2. The van der Waals surface area contributed by atoms with E-state index in [0.29, 0.717) is 22.7 Å². The minimum atomic E-state index is -1.07. The van der Waals surface area contributed by atoms with Crippen molar-refractivity contribution in [3.05, 3.63) is 119 Å². The highest BCUT2D eigenvalue weighted by Crippen LogP contribution is 2.30. The summed E-state index contributed by atoms with van der Waals surface area (Å²) in [6.45, 7) is 1.81. The predicted octanol–water partition coefficient (Wildman–Crippen LogP) is 2.79. The highest BCUT2D eigenvalue weighted by molar-refractivity contribution is 6.20. The molecule has 0 spiro atoms. The molecule has 8 heteroatoms. The number of fused-ring (bicyclic) bond motifs is 7. The van der Waals surface area contributed by atoms with Gasteiger partial charge in [-0.15, -0.1) is 0 Å². The monoisotopic (exact) mass is 524 g/mol. The lowest BCUT2D eigenvalue weighted by Gasteiger charge is -2.19. The number of rotatable bonds is 2. The van der Waals surface area contributed by atoms with Gasteiger partial charge in [-0.2, -0.15) is 0 Å². The predicted molar refractivity (Wildman–Crippen MR) is 157 cm³/mol. The van der Waals surface area contributed by atoms with Crippen molar-refractivity contribution in [2.75, 3.05) is 5.32 Å². The number of hydrogen-bond donors (Lipinski definition) is 3. The van der Waals surface area contributed by atoms with Crippen molar-refractivity contribution in [1.82, 2.24) is 15.3 Å². The lowest BCUT2D eigenvalue weighted by molar-refractivity contribution is -0.118. The van der Waals surface area contributed by atoms with Gasteiger partial charge in [0.05, 0.1) is 34.4 Å². The summed E-state index contributed by atoms with van der Waals surface area (Å²) in [7, 11) is 0. The average molecular weight is 525 g/mol. The molecule has 194 valence electrons. The number of ketones is 1. The van der Waals surface area contributed by atoms with Crippen molar-refractivity contribution in [2.24, 2.45) is 9.98 Å². The zero-order chi connectivity index (χ0) is 27.3. The SMILES string of the molecule is CC12C=C3C=CC(=N3)C=c3ccc([nH]3)=CC3=NC(=CC(N1)/C(=C\C(=O)Nc1ccc4ncccc4c1)C2=O)C=C3. The molecule has 2 unspecified atom stereocenters. The third-order valence-corrected chi connectivity index (χ3v) is 7.16. The molecule has 40 heavy (non-hydrogen) atoms. The second-order valence-corrected chi connectivity index (χ2v) is 10.2. The molecule has 7 rings (SSSR count). The summed E-state index contributed by atoms with van der Waals surface area (Å²) in [6, 6.07) is 12.7. The van der Waals surface area contributed by atoms with Crippen LogP contribution in [0.3, 0.4) is 0 Å². The Morgan fingerprint density at radius 2 is 1.73 bits per heavy atom. The normalized spacial score (nSPS) is 23.9. The molecule has 1 saturated heterocycles. The number of benzene rings is 1. The molecule has 6 heterocycles. The van der Waals surface area contributed by atoms with Gasteiger partial charge in [0.2, 0.25) is 5.91 Å². The molecule has 8 nitrogen and oxygen atoms in total. The summed E-state index contributed by atoms with van der Waals surface area (Å²) in [5, 5.41) is 9.06. The summed E-state index contributed by atoms with van der Waals surface area (Å²) < 4.78 is 0. The van der Waals surface area contributed by atoms with Gasteiger partial charge in [0, 0.05) is 39.6 Å². The molecule has 3 aromatic rings. The van der Waals surface area contributed by atoms with Gasteiger partial charge in [0.25, 0.3) is 0 Å². The van der Waals surface area contributed by atoms with Crippen LogP contribution >= 0.6 is 0 Å². The minimum absolute atomic E-state index is 0.198. The number of Topliss-reactive ketones (excluding diaryl/α,β-unsaturated/α-hetero) is 1. The van der Waals surface area contributed by atoms with Gasteiger partial charge in [0.1, 0.15) is 5.54 Å². The topological polar surface area (TPSA) is 112 Å². The van der Waals surface area contributed by atoms with E-state index in [0.717, 1.165) is 33.0 Å². The molecular formula is C32H24N6O2. The van der Waals surface area contributed by atoms with Crippen LogP contribution in [0.2, 0.25) is 0 Å². The van der Waals surface area contributed by atoms with Gasteiger partial charge in [-0.25, -0.2) is 9.98 Å². The molecule has 2 aromatic heterocycles. The maximum atomic E-state index is 13.8. The number of allylic oxidation sites excluding steroid dienone is 4. The number of anilines is 1. The number of aromatic amines is 1. The minimum Gasteiger partial charge on any atom is -0.355 e. The van der Waals surface area contributed by atoms with E-state index < -0.39 is 17.5 Å². The fourth-order valence-corrected chi connectivity index (χ4v) is 5.28. The number of nitrogens with zero attached hydrogens (tertiary/aromatic N) is 3. The van der Waals surface area contributed by atoms with Crippen LogP contribution < -0.4 is 21.3 Å². The first kappa shape index (κ1) is 23.9. The molecule has 0 aliphatic carbocycles. The number of nitrogens with one attached hydrogen (secondary N) is 3. The van der Waals surface area contributed by atoms with Crippen LogP contribution in [0.1, 0.15) is 6.92 Å². The van der Waals surface area contributed by atoms with Crippen LogP contribution in [0, 0.1) is 0 Å².